The van der Waals surface area contributed by atoms with Gasteiger partial charge in [-0.1, -0.05) is 36.4 Å². The Bertz CT molecular complexity index is 883. The molecule has 0 spiro atoms. The molecule has 2 aromatic carbocycles. The number of amides is 2. The van der Waals surface area contributed by atoms with Gasteiger partial charge in [0.15, 0.2) is 0 Å². The number of rotatable bonds is 3. The number of nitrogens with zero attached hydrogens (tertiary/aromatic N) is 1. The molecule has 1 aliphatic heterocycles. The summed E-state index contributed by atoms with van der Waals surface area (Å²) in [6.07, 6.45) is 1.97. The van der Waals surface area contributed by atoms with Crippen LogP contribution in [0.5, 0.6) is 5.75 Å². The Morgan fingerprint density at radius 2 is 1.69 bits per heavy atom. The zero-order valence-corrected chi connectivity index (χ0v) is 17.0. The van der Waals surface area contributed by atoms with E-state index in [0.29, 0.717) is 24.5 Å². The van der Waals surface area contributed by atoms with Crippen molar-refractivity contribution in [1.82, 2.24) is 4.90 Å². The van der Waals surface area contributed by atoms with E-state index in [0.717, 1.165) is 12.0 Å². The van der Waals surface area contributed by atoms with Crippen molar-refractivity contribution < 1.29 is 19.1 Å². The third kappa shape index (κ3) is 6.10. The Labute approximate surface area is 171 Å². The maximum atomic E-state index is 12.2. The first-order chi connectivity index (χ1) is 13.8. The molecular formula is C23H26N2O4. The monoisotopic (exact) mass is 394 g/mol. The molecule has 152 valence electrons. The lowest BCUT2D eigenvalue weighted by atomic mass is 9.99. The Kier molecular flexibility index (Phi) is 6.22. The molecule has 6 nitrogen and oxygen atoms in total. The van der Waals surface area contributed by atoms with E-state index >= 15 is 0 Å². The lowest BCUT2D eigenvalue weighted by Crippen LogP contribution is -2.39. The Morgan fingerprint density at radius 3 is 2.28 bits per heavy atom. The first-order valence-electron chi connectivity index (χ1n) is 9.61. The first-order valence-corrected chi connectivity index (χ1v) is 9.61. The van der Waals surface area contributed by atoms with Crippen molar-refractivity contribution >= 4 is 23.4 Å². The molecule has 0 aliphatic carbocycles. The quantitative estimate of drug-likeness (QED) is 0.765. The molecule has 0 fully saturated rings. The molecule has 0 radical (unpaired) electrons. The fraction of sp³-hybridized carbons (Fsp3) is 0.304. The van der Waals surface area contributed by atoms with Gasteiger partial charge in [-0.15, -0.1) is 0 Å². The molecule has 0 aromatic heterocycles. The highest BCUT2D eigenvalue weighted by molar-refractivity contribution is 5.86. The van der Waals surface area contributed by atoms with Gasteiger partial charge in [-0.25, -0.2) is 9.59 Å². The van der Waals surface area contributed by atoms with Crippen LogP contribution in [0.2, 0.25) is 0 Å². The molecule has 29 heavy (non-hydrogen) atoms. The zero-order valence-electron chi connectivity index (χ0n) is 17.0. The van der Waals surface area contributed by atoms with Crippen molar-refractivity contribution in [2.24, 2.45) is 0 Å². The van der Waals surface area contributed by atoms with Gasteiger partial charge in [0, 0.05) is 18.8 Å². The van der Waals surface area contributed by atoms with Crippen LogP contribution in [0.15, 0.2) is 60.7 Å². The Hall–Kier alpha value is -3.28. The smallest absolute Gasteiger partial charge is 0.417 e. The highest BCUT2D eigenvalue weighted by Gasteiger charge is 2.23. The lowest BCUT2D eigenvalue weighted by molar-refractivity contribution is 0.0270. The van der Waals surface area contributed by atoms with Gasteiger partial charge in [-0.3, -0.25) is 5.32 Å². The number of anilines is 1. The van der Waals surface area contributed by atoms with Crippen LogP contribution in [0.1, 0.15) is 32.8 Å². The summed E-state index contributed by atoms with van der Waals surface area (Å²) < 4.78 is 10.6. The zero-order chi connectivity index (χ0) is 20.9. The van der Waals surface area contributed by atoms with Crippen LogP contribution in [0.3, 0.4) is 0 Å². The average Bonchev–Trinajstić information content (AvgIpc) is 2.68. The molecule has 1 N–H and O–H groups in total. The predicted molar refractivity (Wildman–Crippen MR) is 113 cm³/mol. The number of hydrogen-bond acceptors (Lipinski definition) is 4. The van der Waals surface area contributed by atoms with Crippen molar-refractivity contribution in [3.63, 3.8) is 0 Å². The standard InChI is InChI=1S/C23H26N2O4/c1-23(2,3)29-22(27)25-15-13-18(14-16-25)17-9-11-19(12-10-17)24-21(26)28-20-7-5-4-6-8-20/h4-13H,14-16H2,1-3H3,(H,24,26). The number of benzene rings is 2. The molecule has 0 atom stereocenters. The third-order valence-electron chi connectivity index (χ3n) is 4.32. The molecular weight excluding hydrogens is 368 g/mol. The molecule has 3 rings (SSSR count). The minimum absolute atomic E-state index is 0.288. The van der Waals surface area contributed by atoms with Gasteiger partial charge in [0.1, 0.15) is 11.4 Å². The maximum Gasteiger partial charge on any atom is 0.417 e. The van der Waals surface area contributed by atoms with Gasteiger partial charge < -0.3 is 14.4 Å². The summed E-state index contributed by atoms with van der Waals surface area (Å²) in [4.78, 5) is 25.8. The topological polar surface area (TPSA) is 67.9 Å². The lowest BCUT2D eigenvalue weighted by Gasteiger charge is -2.29. The molecule has 0 saturated heterocycles. The predicted octanol–water partition coefficient (Wildman–Crippen LogP) is 5.32. The second-order valence-corrected chi connectivity index (χ2v) is 7.81. The number of hydrogen-bond donors (Lipinski definition) is 1. The third-order valence-corrected chi connectivity index (χ3v) is 4.32. The molecule has 1 aliphatic rings. The van der Waals surface area contributed by atoms with E-state index < -0.39 is 11.7 Å². The van der Waals surface area contributed by atoms with E-state index in [4.69, 9.17) is 9.47 Å². The van der Waals surface area contributed by atoms with Crippen molar-refractivity contribution in [3.8, 4) is 5.75 Å². The van der Waals surface area contributed by atoms with Crippen LogP contribution < -0.4 is 10.1 Å². The number of para-hydroxylation sites is 1. The number of ether oxygens (including phenoxy) is 2. The second kappa shape index (κ2) is 8.82. The van der Waals surface area contributed by atoms with Crippen molar-refractivity contribution in [2.45, 2.75) is 32.8 Å². The summed E-state index contributed by atoms with van der Waals surface area (Å²) in [7, 11) is 0. The normalized spacial score (nSPS) is 14.0. The number of nitrogens with one attached hydrogen (secondary N) is 1. The van der Waals surface area contributed by atoms with Crippen LogP contribution in [0.25, 0.3) is 5.57 Å². The fourth-order valence-corrected chi connectivity index (χ4v) is 2.93. The summed E-state index contributed by atoms with van der Waals surface area (Å²) in [5.74, 6) is 0.489. The van der Waals surface area contributed by atoms with Gasteiger partial charge in [0.2, 0.25) is 0 Å². The molecule has 0 unspecified atom stereocenters. The van der Waals surface area contributed by atoms with Crippen LogP contribution in [-0.2, 0) is 4.74 Å². The molecule has 6 heteroatoms. The van der Waals surface area contributed by atoms with Crippen LogP contribution in [0.4, 0.5) is 15.3 Å². The average molecular weight is 394 g/mol. The highest BCUT2D eigenvalue weighted by atomic mass is 16.6. The van der Waals surface area contributed by atoms with Crippen molar-refractivity contribution in [2.75, 3.05) is 18.4 Å². The molecule has 0 saturated carbocycles. The van der Waals surface area contributed by atoms with E-state index in [1.807, 2.05) is 57.2 Å². The Morgan fingerprint density at radius 1 is 1.00 bits per heavy atom. The minimum Gasteiger partial charge on any atom is -0.444 e. The summed E-state index contributed by atoms with van der Waals surface area (Å²) >= 11 is 0. The highest BCUT2D eigenvalue weighted by Crippen LogP contribution is 2.25. The van der Waals surface area contributed by atoms with E-state index in [2.05, 4.69) is 5.32 Å². The molecule has 0 bridgehead atoms. The van der Waals surface area contributed by atoms with Gasteiger partial charge in [0.25, 0.3) is 0 Å². The summed E-state index contributed by atoms with van der Waals surface area (Å²) in [6.45, 7) is 6.72. The van der Waals surface area contributed by atoms with E-state index in [1.165, 1.54) is 5.57 Å². The minimum atomic E-state index is -0.533. The summed E-state index contributed by atoms with van der Waals surface area (Å²) in [6, 6.07) is 16.5. The van der Waals surface area contributed by atoms with Crippen molar-refractivity contribution in [3.05, 3.63) is 66.2 Å². The molecule has 2 aromatic rings. The summed E-state index contributed by atoms with van der Waals surface area (Å²) in [5.41, 5.74) is 2.39. The number of carbonyl (C=O) groups is 2. The maximum absolute atomic E-state index is 12.2. The van der Waals surface area contributed by atoms with E-state index in [9.17, 15) is 9.59 Å². The van der Waals surface area contributed by atoms with E-state index in [-0.39, 0.29) is 6.09 Å². The second-order valence-electron chi connectivity index (χ2n) is 7.81. The van der Waals surface area contributed by atoms with Crippen molar-refractivity contribution in [1.29, 1.82) is 0 Å². The Balaban J connectivity index is 1.55. The van der Waals surface area contributed by atoms with Crippen LogP contribution in [-0.4, -0.2) is 35.8 Å². The van der Waals surface area contributed by atoms with Crippen LogP contribution >= 0.6 is 0 Å². The van der Waals surface area contributed by atoms with Crippen LogP contribution in [0, 0.1) is 0 Å². The molecule has 2 amide bonds. The van der Waals surface area contributed by atoms with E-state index in [1.54, 1.807) is 29.2 Å². The van der Waals surface area contributed by atoms with Gasteiger partial charge >= 0.3 is 12.2 Å². The first kappa shape index (κ1) is 20.5. The largest absolute Gasteiger partial charge is 0.444 e. The summed E-state index contributed by atoms with van der Waals surface area (Å²) in [5, 5.41) is 2.71. The fourth-order valence-electron chi connectivity index (χ4n) is 2.93. The SMILES string of the molecule is CC(C)(C)OC(=O)N1CC=C(c2ccc(NC(=O)Oc3ccccc3)cc2)CC1. The molecule has 1 heterocycles. The number of carbonyl (C=O) groups excluding carboxylic acids is 2. The van der Waals surface area contributed by atoms with Gasteiger partial charge in [-0.05, 0) is 62.6 Å². The van der Waals surface area contributed by atoms with Gasteiger partial charge in [0.05, 0.1) is 0 Å². The van der Waals surface area contributed by atoms with Gasteiger partial charge in [-0.2, -0.15) is 0 Å².